The third-order valence-corrected chi connectivity index (χ3v) is 10.3. The van der Waals surface area contributed by atoms with E-state index in [1.54, 1.807) is 0 Å². The molecule has 4 fully saturated rings. The predicted molar refractivity (Wildman–Crippen MR) is 115 cm³/mol. The quantitative estimate of drug-likeness (QED) is 0.476. The number of carbonyl (C=O) groups excluding carboxylic acids is 1. The van der Waals surface area contributed by atoms with E-state index in [2.05, 4.69) is 26.8 Å². The van der Waals surface area contributed by atoms with Gasteiger partial charge in [-0.3, -0.25) is 4.79 Å². The van der Waals surface area contributed by atoms with E-state index in [0.29, 0.717) is 24.9 Å². The number of carboxylic acid groups (broad SMARTS) is 1. The normalized spacial score (nSPS) is 47.4. The smallest absolute Gasteiger partial charge is 0.315 e. The fourth-order valence-corrected chi connectivity index (χ4v) is 9.13. The number of hydrogen-bond acceptors (Lipinski definition) is 3. The van der Waals surface area contributed by atoms with Crippen molar-refractivity contribution in [1.29, 1.82) is 0 Å². The van der Waals surface area contributed by atoms with Crippen molar-refractivity contribution in [2.24, 2.45) is 45.8 Å². The Hall–Kier alpha value is -1.16. The molecular formula is C26H38O4. The molecule has 4 bridgehead atoms. The Morgan fingerprint density at radius 2 is 1.93 bits per heavy atom. The van der Waals surface area contributed by atoms with E-state index < -0.39 is 22.2 Å². The van der Waals surface area contributed by atoms with E-state index in [9.17, 15) is 14.7 Å². The van der Waals surface area contributed by atoms with Crippen LogP contribution < -0.4 is 0 Å². The van der Waals surface area contributed by atoms with Crippen molar-refractivity contribution >= 4 is 12.3 Å². The molecule has 4 heteroatoms. The summed E-state index contributed by atoms with van der Waals surface area (Å²) in [5, 5.41) is 10.9. The summed E-state index contributed by atoms with van der Waals surface area (Å²) < 4.78 is 6.59. The Morgan fingerprint density at radius 1 is 1.20 bits per heavy atom. The van der Waals surface area contributed by atoms with Crippen LogP contribution in [0.2, 0.25) is 0 Å². The van der Waals surface area contributed by atoms with Crippen molar-refractivity contribution in [3.05, 3.63) is 11.6 Å². The van der Waals surface area contributed by atoms with Crippen molar-refractivity contribution in [3.63, 3.8) is 0 Å². The van der Waals surface area contributed by atoms with Crippen LogP contribution in [0.1, 0.15) is 78.6 Å². The maximum Gasteiger partial charge on any atom is 0.315 e. The third kappa shape index (κ3) is 2.27. The summed E-state index contributed by atoms with van der Waals surface area (Å²) in [5.74, 6) is 0.737. The van der Waals surface area contributed by atoms with Crippen LogP contribution in [-0.2, 0) is 14.3 Å². The van der Waals surface area contributed by atoms with Crippen LogP contribution in [0.15, 0.2) is 11.6 Å². The molecular weight excluding hydrogens is 376 g/mol. The number of fused-ring (bicyclic) bond motifs is 2. The van der Waals surface area contributed by atoms with Crippen LogP contribution in [0.4, 0.5) is 0 Å². The SMILES string of the molecule is CC(C)C1=C[C@H]2C[C@]3(C=O)[C@@H]4CC[C@@H](C)[C@H]4C[C@@]2(COC2CCCCC2)[C@]13C(=O)O. The number of aliphatic carboxylic acids is 1. The van der Waals surface area contributed by atoms with E-state index in [1.165, 1.54) is 19.3 Å². The van der Waals surface area contributed by atoms with Gasteiger partial charge in [-0.25, -0.2) is 0 Å². The lowest BCUT2D eigenvalue weighted by Crippen LogP contribution is -2.63. The minimum atomic E-state index is -1.08. The average Bonchev–Trinajstić information content (AvgIpc) is 3.30. The molecule has 7 atom stereocenters. The van der Waals surface area contributed by atoms with Crippen molar-refractivity contribution in [3.8, 4) is 0 Å². The van der Waals surface area contributed by atoms with Crippen LogP contribution >= 0.6 is 0 Å². The van der Waals surface area contributed by atoms with Crippen molar-refractivity contribution < 1.29 is 19.4 Å². The maximum atomic E-state index is 13.3. The van der Waals surface area contributed by atoms with Gasteiger partial charge in [0.25, 0.3) is 0 Å². The summed E-state index contributed by atoms with van der Waals surface area (Å²) in [5.41, 5.74) is -1.29. The molecule has 0 aromatic rings. The number of hydrogen-bond donors (Lipinski definition) is 1. The van der Waals surface area contributed by atoms with E-state index in [-0.39, 0.29) is 23.9 Å². The molecule has 5 rings (SSSR count). The molecule has 0 aliphatic heterocycles. The zero-order chi connectivity index (χ0) is 21.3. The lowest BCUT2D eigenvalue weighted by atomic mass is 9.43. The van der Waals surface area contributed by atoms with Crippen LogP contribution in [0.5, 0.6) is 0 Å². The number of carboxylic acids is 1. The third-order valence-electron chi connectivity index (χ3n) is 10.3. The Bertz CT molecular complexity index is 765. The van der Waals surface area contributed by atoms with E-state index in [1.807, 2.05) is 0 Å². The van der Waals surface area contributed by atoms with E-state index >= 15 is 0 Å². The van der Waals surface area contributed by atoms with Crippen LogP contribution in [0.3, 0.4) is 0 Å². The number of aldehydes is 1. The largest absolute Gasteiger partial charge is 0.481 e. The summed E-state index contributed by atoms with van der Waals surface area (Å²) in [6, 6.07) is 0. The van der Waals surface area contributed by atoms with Crippen LogP contribution in [0.25, 0.3) is 0 Å². The lowest BCUT2D eigenvalue weighted by molar-refractivity contribution is -0.189. The second kappa shape index (κ2) is 6.92. The van der Waals surface area contributed by atoms with Gasteiger partial charge in [0.2, 0.25) is 0 Å². The van der Waals surface area contributed by atoms with Gasteiger partial charge < -0.3 is 14.6 Å². The fourth-order valence-electron chi connectivity index (χ4n) is 9.13. The molecule has 4 saturated carbocycles. The first-order chi connectivity index (χ1) is 14.3. The summed E-state index contributed by atoms with van der Waals surface area (Å²) in [6.45, 7) is 7.04. The Balaban J connectivity index is 1.64. The second-order valence-corrected chi connectivity index (χ2v) is 11.6. The van der Waals surface area contributed by atoms with E-state index in [4.69, 9.17) is 4.74 Å². The monoisotopic (exact) mass is 414 g/mol. The molecule has 0 aromatic carbocycles. The standard InChI is InChI=1S/C26H38O4/c1-16(2)22-11-18-12-24(14-27)21-10-9-17(3)20(21)13-25(18,26(22,24)23(28)29)15-30-19-7-5-4-6-8-19/h11,14,16-21H,4-10,12-13,15H2,1-3H3,(H,28,29)/t17-,18+,20-,21-,24+,25+,26+/m1/s1. The molecule has 0 saturated heterocycles. The highest BCUT2D eigenvalue weighted by atomic mass is 16.5. The molecule has 0 spiro atoms. The number of ether oxygens (including phenoxy) is 1. The first kappa shape index (κ1) is 20.7. The summed E-state index contributed by atoms with van der Waals surface area (Å²) in [4.78, 5) is 26.3. The molecule has 166 valence electrons. The van der Waals surface area contributed by atoms with Gasteiger partial charge >= 0.3 is 5.97 Å². The topological polar surface area (TPSA) is 63.6 Å². The highest BCUT2D eigenvalue weighted by Gasteiger charge is 2.84. The first-order valence-electron chi connectivity index (χ1n) is 12.4. The Kier molecular flexibility index (Phi) is 4.78. The van der Waals surface area contributed by atoms with Gasteiger partial charge in [0.15, 0.2) is 0 Å². The molecule has 5 aliphatic rings. The van der Waals surface area contributed by atoms with Crippen molar-refractivity contribution in [1.82, 2.24) is 0 Å². The summed E-state index contributed by atoms with van der Waals surface area (Å²) in [6.07, 6.45) is 13.2. The van der Waals surface area contributed by atoms with Gasteiger partial charge in [0.1, 0.15) is 11.7 Å². The molecule has 0 radical (unpaired) electrons. The molecule has 4 nitrogen and oxygen atoms in total. The number of rotatable bonds is 6. The van der Waals surface area contributed by atoms with Gasteiger partial charge in [-0.05, 0) is 61.7 Å². The predicted octanol–water partition coefficient (Wildman–Crippen LogP) is 5.26. The minimum absolute atomic E-state index is 0.134. The molecule has 0 aromatic heterocycles. The molecule has 5 aliphatic carbocycles. The van der Waals surface area contributed by atoms with Gasteiger partial charge in [0.05, 0.1) is 18.1 Å². The van der Waals surface area contributed by atoms with E-state index in [0.717, 1.165) is 44.0 Å². The minimum Gasteiger partial charge on any atom is -0.481 e. The van der Waals surface area contributed by atoms with Crippen molar-refractivity contribution in [2.45, 2.75) is 84.7 Å². The van der Waals surface area contributed by atoms with Crippen molar-refractivity contribution in [2.75, 3.05) is 6.61 Å². The molecule has 1 N–H and O–H groups in total. The maximum absolute atomic E-state index is 13.3. The fraction of sp³-hybridized carbons (Fsp3) is 0.846. The molecule has 0 heterocycles. The van der Waals surface area contributed by atoms with Crippen LogP contribution in [0, 0.1) is 45.8 Å². The highest BCUT2D eigenvalue weighted by molar-refractivity contribution is 5.90. The molecule has 30 heavy (non-hydrogen) atoms. The summed E-state index contributed by atoms with van der Waals surface area (Å²) in [7, 11) is 0. The van der Waals surface area contributed by atoms with Gasteiger partial charge in [-0.2, -0.15) is 0 Å². The number of carbonyl (C=O) groups is 2. The Labute approximate surface area is 180 Å². The lowest BCUT2D eigenvalue weighted by Gasteiger charge is -2.58. The zero-order valence-corrected chi connectivity index (χ0v) is 18.9. The summed E-state index contributed by atoms with van der Waals surface area (Å²) >= 11 is 0. The van der Waals surface area contributed by atoms with Gasteiger partial charge in [0, 0.05) is 5.41 Å². The Morgan fingerprint density at radius 3 is 2.57 bits per heavy atom. The molecule has 0 amide bonds. The average molecular weight is 415 g/mol. The second-order valence-electron chi connectivity index (χ2n) is 11.6. The first-order valence-corrected chi connectivity index (χ1v) is 12.4. The molecule has 0 unspecified atom stereocenters. The van der Waals surface area contributed by atoms with Crippen LogP contribution in [-0.4, -0.2) is 30.1 Å². The number of allylic oxidation sites excluding steroid dienone is 1. The van der Waals surface area contributed by atoms with Gasteiger partial charge in [-0.1, -0.05) is 58.1 Å². The highest BCUT2D eigenvalue weighted by Crippen LogP contribution is 2.82. The zero-order valence-electron chi connectivity index (χ0n) is 18.9. The van der Waals surface area contributed by atoms with Gasteiger partial charge in [-0.15, -0.1) is 0 Å².